The molecule has 1 saturated heterocycles. The number of carbonyl (C=O) groups is 1. The molecule has 26 heavy (non-hydrogen) atoms. The summed E-state index contributed by atoms with van der Waals surface area (Å²) in [5, 5.41) is 0. The second-order valence-electron chi connectivity index (χ2n) is 6.27. The Balaban J connectivity index is 1.59. The van der Waals surface area contributed by atoms with Crippen molar-refractivity contribution in [3.05, 3.63) is 89.1 Å². The standard InChI is InChI=1S/C23H18N2O/c1-25-21-10-6-5-9-20(21)22(23(25)26)24-19-15-13-18(14-16-19)12-11-17-7-3-2-4-8-17/h2-4,7-10,13-16H,5-6H2,1H3. The van der Waals surface area contributed by atoms with Crippen LogP contribution in [0.1, 0.15) is 24.0 Å². The van der Waals surface area contributed by atoms with Crippen LogP contribution in [0.5, 0.6) is 0 Å². The summed E-state index contributed by atoms with van der Waals surface area (Å²) in [7, 11) is 1.80. The van der Waals surface area contributed by atoms with Gasteiger partial charge in [-0.25, -0.2) is 4.99 Å². The van der Waals surface area contributed by atoms with E-state index in [0.717, 1.165) is 40.9 Å². The molecule has 2 aromatic carbocycles. The first-order valence-corrected chi connectivity index (χ1v) is 8.67. The molecule has 3 heteroatoms. The number of aliphatic imine (C=N–C) groups is 1. The van der Waals surface area contributed by atoms with Crippen molar-refractivity contribution in [2.45, 2.75) is 12.8 Å². The van der Waals surface area contributed by atoms with Crippen LogP contribution >= 0.6 is 0 Å². The summed E-state index contributed by atoms with van der Waals surface area (Å²) >= 11 is 0. The van der Waals surface area contributed by atoms with E-state index < -0.39 is 0 Å². The van der Waals surface area contributed by atoms with E-state index in [2.05, 4.69) is 29.0 Å². The smallest absolute Gasteiger partial charge is 0.277 e. The SMILES string of the molecule is CN1C(=O)C(=Nc2ccc(C#Cc3ccccc3)cc2)C2=CCCC=C21. The van der Waals surface area contributed by atoms with Gasteiger partial charge in [-0.05, 0) is 49.2 Å². The molecule has 0 N–H and O–H groups in total. The van der Waals surface area contributed by atoms with E-state index in [9.17, 15) is 4.79 Å². The van der Waals surface area contributed by atoms with Gasteiger partial charge < -0.3 is 4.90 Å². The highest BCUT2D eigenvalue weighted by molar-refractivity contribution is 6.50. The largest absolute Gasteiger partial charge is 0.310 e. The lowest BCUT2D eigenvalue weighted by atomic mass is 10.0. The van der Waals surface area contributed by atoms with Gasteiger partial charge in [0, 0.05) is 29.4 Å². The van der Waals surface area contributed by atoms with Crippen molar-refractivity contribution in [1.29, 1.82) is 0 Å². The molecule has 1 fully saturated rings. The average Bonchev–Trinajstić information content (AvgIpc) is 2.93. The van der Waals surface area contributed by atoms with Gasteiger partial charge in [0.2, 0.25) is 0 Å². The van der Waals surface area contributed by atoms with Gasteiger partial charge in [0.1, 0.15) is 5.71 Å². The van der Waals surface area contributed by atoms with Crippen LogP contribution in [0.3, 0.4) is 0 Å². The Morgan fingerprint density at radius 2 is 1.54 bits per heavy atom. The van der Waals surface area contributed by atoms with Gasteiger partial charge in [-0.3, -0.25) is 4.79 Å². The first-order valence-electron chi connectivity index (χ1n) is 8.67. The first kappa shape index (κ1) is 16.1. The summed E-state index contributed by atoms with van der Waals surface area (Å²) in [6.45, 7) is 0. The Morgan fingerprint density at radius 1 is 0.885 bits per heavy atom. The van der Waals surface area contributed by atoms with Gasteiger partial charge in [0.25, 0.3) is 5.91 Å². The van der Waals surface area contributed by atoms with Crippen LogP contribution in [-0.2, 0) is 4.79 Å². The molecule has 0 unspecified atom stereocenters. The number of hydrogen-bond acceptors (Lipinski definition) is 2. The van der Waals surface area contributed by atoms with Gasteiger partial charge in [-0.2, -0.15) is 0 Å². The summed E-state index contributed by atoms with van der Waals surface area (Å²) in [6.07, 6.45) is 6.14. The molecule has 4 rings (SSSR count). The van der Waals surface area contributed by atoms with Crippen LogP contribution in [-0.4, -0.2) is 23.6 Å². The molecule has 2 aromatic rings. The van der Waals surface area contributed by atoms with Crippen LogP contribution in [0.2, 0.25) is 0 Å². The van der Waals surface area contributed by atoms with Gasteiger partial charge in [-0.1, -0.05) is 42.2 Å². The third kappa shape index (κ3) is 3.10. The number of hydrogen-bond donors (Lipinski definition) is 0. The van der Waals surface area contributed by atoms with E-state index in [1.165, 1.54) is 0 Å². The molecule has 0 radical (unpaired) electrons. The maximum Gasteiger partial charge on any atom is 0.277 e. The molecule has 3 nitrogen and oxygen atoms in total. The Hall–Kier alpha value is -3.38. The minimum absolute atomic E-state index is 0.0441. The molecule has 126 valence electrons. The predicted molar refractivity (Wildman–Crippen MR) is 104 cm³/mol. The highest BCUT2D eigenvalue weighted by Gasteiger charge is 2.34. The number of likely N-dealkylation sites (tertiary alicyclic amines) is 1. The van der Waals surface area contributed by atoms with Crippen LogP contribution < -0.4 is 0 Å². The number of allylic oxidation sites excluding steroid dienone is 3. The molecule has 1 heterocycles. The minimum Gasteiger partial charge on any atom is -0.310 e. The van der Waals surface area contributed by atoms with Gasteiger partial charge in [0.05, 0.1) is 5.69 Å². The van der Waals surface area contributed by atoms with E-state index in [1.807, 2.05) is 54.6 Å². The Labute approximate surface area is 153 Å². The molecule has 1 amide bonds. The molecule has 1 aliphatic heterocycles. The molecule has 0 atom stereocenters. The van der Waals surface area contributed by atoms with E-state index in [1.54, 1.807) is 11.9 Å². The summed E-state index contributed by atoms with van der Waals surface area (Å²) < 4.78 is 0. The fourth-order valence-electron chi connectivity index (χ4n) is 3.10. The second-order valence-corrected chi connectivity index (χ2v) is 6.27. The van der Waals surface area contributed by atoms with Crippen molar-refractivity contribution in [2.24, 2.45) is 4.99 Å². The zero-order valence-corrected chi connectivity index (χ0v) is 14.6. The molecular formula is C23H18N2O. The summed E-state index contributed by atoms with van der Waals surface area (Å²) in [4.78, 5) is 18.8. The van der Waals surface area contributed by atoms with Crippen LogP contribution in [0.15, 0.2) is 83.0 Å². The normalized spacial score (nSPS) is 17.3. The monoisotopic (exact) mass is 338 g/mol. The summed E-state index contributed by atoms with van der Waals surface area (Å²) in [5.74, 6) is 6.25. The van der Waals surface area contributed by atoms with Crippen LogP contribution in [0.4, 0.5) is 5.69 Å². The topological polar surface area (TPSA) is 32.7 Å². The van der Waals surface area contributed by atoms with Crippen molar-refractivity contribution in [2.75, 3.05) is 7.05 Å². The third-order valence-corrected chi connectivity index (χ3v) is 4.49. The van der Waals surface area contributed by atoms with Crippen LogP contribution in [0.25, 0.3) is 0 Å². The number of likely N-dealkylation sites (N-methyl/N-ethyl adjacent to an activating group) is 1. The van der Waals surface area contributed by atoms with Crippen molar-refractivity contribution < 1.29 is 4.79 Å². The van der Waals surface area contributed by atoms with E-state index in [4.69, 9.17) is 0 Å². The minimum atomic E-state index is -0.0441. The van der Waals surface area contributed by atoms with Crippen LogP contribution in [0, 0.1) is 11.8 Å². The van der Waals surface area contributed by atoms with E-state index in [-0.39, 0.29) is 5.91 Å². The van der Waals surface area contributed by atoms with Gasteiger partial charge >= 0.3 is 0 Å². The number of nitrogens with zero attached hydrogens (tertiary/aromatic N) is 2. The molecule has 0 bridgehead atoms. The van der Waals surface area contributed by atoms with Gasteiger partial charge in [-0.15, -0.1) is 0 Å². The zero-order chi connectivity index (χ0) is 17.9. The Bertz CT molecular complexity index is 1000. The second kappa shape index (κ2) is 6.85. The summed E-state index contributed by atoms with van der Waals surface area (Å²) in [6, 6.07) is 17.6. The number of fused-ring (bicyclic) bond motifs is 1. The third-order valence-electron chi connectivity index (χ3n) is 4.49. The van der Waals surface area contributed by atoms with Crippen molar-refractivity contribution in [3.63, 3.8) is 0 Å². The lowest BCUT2D eigenvalue weighted by molar-refractivity contribution is -0.120. The predicted octanol–water partition coefficient (Wildman–Crippen LogP) is 4.24. The Morgan fingerprint density at radius 3 is 2.27 bits per heavy atom. The highest BCUT2D eigenvalue weighted by atomic mass is 16.2. The van der Waals surface area contributed by atoms with Crippen molar-refractivity contribution in [1.82, 2.24) is 4.90 Å². The first-order chi connectivity index (χ1) is 12.7. The van der Waals surface area contributed by atoms with E-state index in [0.29, 0.717) is 5.71 Å². The molecule has 1 aliphatic carbocycles. The average molecular weight is 338 g/mol. The van der Waals surface area contributed by atoms with E-state index >= 15 is 0 Å². The van der Waals surface area contributed by atoms with Crippen molar-refractivity contribution >= 4 is 17.3 Å². The molecule has 0 aromatic heterocycles. The zero-order valence-electron chi connectivity index (χ0n) is 14.6. The number of benzene rings is 2. The number of rotatable bonds is 1. The van der Waals surface area contributed by atoms with Gasteiger partial charge in [0.15, 0.2) is 0 Å². The quantitative estimate of drug-likeness (QED) is 0.716. The molecule has 2 aliphatic rings. The number of amides is 1. The fourth-order valence-corrected chi connectivity index (χ4v) is 3.10. The molecular weight excluding hydrogens is 320 g/mol. The molecule has 0 saturated carbocycles. The number of carbonyl (C=O) groups excluding carboxylic acids is 1. The van der Waals surface area contributed by atoms with Crippen molar-refractivity contribution in [3.8, 4) is 11.8 Å². The highest BCUT2D eigenvalue weighted by Crippen LogP contribution is 2.31. The fraction of sp³-hybridized carbons (Fsp3) is 0.130. The molecule has 0 spiro atoms. The maximum atomic E-state index is 12.5. The summed E-state index contributed by atoms with van der Waals surface area (Å²) in [5.41, 5.74) is 5.13. The Kier molecular flexibility index (Phi) is 4.25. The lowest BCUT2D eigenvalue weighted by Crippen LogP contribution is -2.21. The lowest BCUT2D eigenvalue weighted by Gasteiger charge is -2.12. The maximum absolute atomic E-state index is 12.5.